The molecule has 17 heavy (non-hydrogen) atoms. The molecule has 0 saturated carbocycles. The van der Waals surface area contributed by atoms with Gasteiger partial charge in [-0.2, -0.15) is 5.10 Å². The first kappa shape index (κ1) is 11.9. The molecule has 0 aliphatic carbocycles. The lowest BCUT2D eigenvalue weighted by molar-refractivity contribution is -0.0672. The predicted molar refractivity (Wildman–Crippen MR) is 63.6 cm³/mol. The highest BCUT2D eigenvalue weighted by Crippen LogP contribution is 2.25. The fourth-order valence-electron chi connectivity index (χ4n) is 2.12. The van der Waals surface area contributed by atoms with E-state index in [0.717, 1.165) is 0 Å². The molecule has 0 atom stereocenters. The number of aryl methyl sites for hydroxylation is 2. The Hall–Kier alpha value is -1.56. The van der Waals surface area contributed by atoms with Crippen molar-refractivity contribution in [2.45, 2.75) is 32.9 Å². The van der Waals surface area contributed by atoms with Crippen LogP contribution in [0.3, 0.4) is 0 Å². The van der Waals surface area contributed by atoms with Crippen molar-refractivity contribution in [3.8, 4) is 0 Å². The smallest absolute Gasteiger partial charge is 0.274 e. The molecule has 1 aliphatic rings. The zero-order valence-electron chi connectivity index (χ0n) is 10.4. The molecule has 94 valence electrons. The number of carbonyl (C=O) groups excluding carboxylic acids is 1. The van der Waals surface area contributed by atoms with E-state index in [0.29, 0.717) is 36.7 Å². The van der Waals surface area contributed by atoms with Crippen molar-refractivity contribution in [1.29, 1.82) is 0 Å². The highest BCUT2D eigenvalue weighted by atomic mass is 16.3. The minimum Gasteiger partial charge on any atom is -0.395 e. The Balaban J connectivity index is 2.26. The first-order valence-corrected chi connectivity index (χ1v) is 5.70. The molecule has 3 N–H and O–H groups in total. The van der Waals surface area contributed by atoms with Crippen molar-refractivity contribution < 1.29 is 9.90 Å². The maximum Gasteiger partial charge on any atom is 0.274 e. The van der Waals surface area contributed by atoms with Gasteiger partial charge in [-0.3, -0.25) is 9.48 Å². The van der Waals surface area contributed by atoms with Gasteiger partial charge in [0.2, 0.25) is 0 Å². The summed E-state index contributed by atoms with van der Waals surface area (Å²) >= 11 is 0. The van der Waals surface area contributed by atoms with Crippen LogP contribution in [-0.2, 0) is 6.54 Å². The number of carbonyl (C=O) groups is 1. The van der Waals surface area contributed by atoms with Crippen molar-refractivity contribution in [3.63, 3.8) is 0 Å². The Bertz CT molecular complexity index is 456. The molecule has 2 heterocycles. The molecule has 0 unspecified atom stereocenters. The van der Waals surface area contributed by atoms with Gasteiger partial charge < -0.3 is 15.7 Å². The summed E-state index contributed by atoms with van der Waals surface area (Å²) in [6.45, 7) is 6.70. The number of likely N-dealkylation sites (tertiary alicyclic amines) is 1. The lowest BCUT2D eigenvalue weighted by Gasteiger charge is -2.44. The molecule has 1 aromatic heterocycles. The second kappa shape index (κ2) is 3.73. The molecule has 6 nitrogen and oxygen atoms in total. The summed E-state index contributed by atoms with van der Waals surface area (Å²) in [5, 5.41) is 13.8. The fourth-order valence-corrected chi connectivity index (χ4v) is 2.12. The highest BCUT2D eigenvalue weighted by molar-refractivity contribution is 5.98. The summed E-state index contributed by atoms with van der Waals surface area (Å²) in [4.78, 5) is 13.8. The summed E-state index contributed by atoms with van der Waals surface area (Å²) in [7, 11) is 0. The third-order valence-corrected chi connectivity index (χ3v) is 3.03. The van der Waals surface area contributed by atoms with E-state index in [1.54, 1.807) is 23.4 Å². The summed E-state index contributed by atoms with van der Waals surface area (Å²) in [6, 6.07) is 0. The van der Waals surface area contributed by atoms with Crippen LogP contribution in [0, 0.1) is 6.92 Å². The molecule has 0 radical (unpaired) electrons. The van der Waals surface area contributed by atoms with Crippen LogP contribution >= 0.6 is 0 Å². The van der Waals surface area contributed by atoms with Gasteiger partial charge in [0, 0.05) is 6.54 Å². The molecular formula is C11H18N4O2. The molecule has 1 fully saturated rings. The van der Waals surface area contributed by atoms with Crippen LogP contribution in [0.25, 0.3) is 0 Å². The summed E-state index contributed by atoms with van der Waals surface area (Å²) < 4.78 is 1.61. The number of hydrogen-bond donors (Lipinski definition) is 2. The normalized spacial score (nSPS) is 18.0. The molecule has 0 bridgehead atoms. The zero-order chi connectivity index (χ0) is 12.8. The number of rotatable bonds is 2. The standard InChI is InChI=1S/C11H18N4O2/c1-4-15-9(8(12)7(2)13-15)10(16)14-5-11(3,17)6-14/h17H,4-6,12H2,1-3H3. The minimum atomic E-state index is -0.767. The van der Waals surface area contributed by atoms with Gasteiger partial charge in [0.05, 0.1) is 30.1 Å². The first-order chi connectivity index (χ1) is 7.85. The van der Waals surface area contributed by atoms with E-state index in [9.17, 15) is 9.90 Å². The molecule has 0 aromatic carbocycles. The summed E-state index contributed by atoms with van der Waals surface area (Å²) in [5.74, 6) is -0.156. The average Bonchev–Trinajstić information content (AvgIpc) is 2.50. The van der Waals surface area contributed by atoms with Gasteiger partial charge in [-0.05, 0) is 20.8 Å². The second-order valence-electron chi connectivity index (χ2n) is 4.82. The van der Waals surface area contributed by atoms with Gasteiger partial charge in [-0.25, -0.2) is 0 Å². The molecule has 1 aliphatic heterocycles. The Morgan fingerprint density at radius 1 is 1.59 bits per heavy atom. The number of hydrogen-bond acceptors (Lipinski definition) is 4. The number of aromatic nitrogens is 2. The predicted octanol–water partition coefficient (Wildman–Crippen LogP) is 0.000420. The van der Waals surface area contributed by atoms with E-state index in [1.807, 2.05) is 6.92 Å². The number of nitrogens with zero attached hydrogens (tertiary/aromatic N) is 3. The summed E-state index contributed by atoms with van der Waals surface area (Å²) in [6.07, 6.45) is 0. The fraction of sp³-hybridized carbons (Fsp3) is 0.636. The van der Waals surface area contributed by atoms with Gasteiger partial charge >= 0.3 is 0 Å². The minimum absolute atomic E-state index is 0.156. The van der Waals surface area contributed by atoms with Crippen LogP contribution in [-0.4, -0.2) is 44.4 Å². The zero-order valence-corrected chi connectivity index (χ0v) is 10.4. The summed E-state index contributed by atoms with van der Waals surface area (Å²) in [5.41, 5.74) is 6.64. The average molecular weight is 238 g/mol. The first-order valence-electron chi connectivity index (χ1n) is 5.70. The van der Waals surface area contributed by atoms with Gasteiger partial charge in [0.15, 0.2) is 0 Å². The van der Waals surface area contributed by atoms with E-state index < -0.39 is 5.60 Å². The van der Waals surface area contributed by atoms with Crippen LogP contribution in [0.2, 0.25) is 0 Å². The number of nitrogens with two attached hydrogens (primary N) is 1. The van der Waals surface area contributed by atoms with Crippen molar-refractivity contribution in [2.24, 2.45) is 0 Å². The maximum atomic E-state index is 12.2. The number of aliphatic hydroxyl groups is 1. The quantitative estimate of drug-likeness (QED) is 0.759. The number of amides is 1. The van der Waals surface area contributed by atoms with Gasteiger partial charge in [0.25, 0.3) is 5.91 Å². The monoisotopic (exact) mass is 238 g/mol. The van der Waals surface area contributed by atoms with Crippen LogP contribution in [0.1, 0.15) is 30.0 Å². The number of anilines is 1. The SMILES string of the molecule is CCn1nc(C)c(N)c1C(=O)N1CC(C)(O)C1. The Kier molecular flexibility index (Phi) is 2.61. The Morgan fingerprint density at radius 3 is 2.65 bits per heavy atom. The Labute approximate surface area is 100 Å². The van der Waals surface area contributed by atoms with Gasteiger partial charge in [0.1, 0.15) is 5.69 Å². The molecular weight excluding hydrogens is 220 g/mol. The molecule has 2 rings (SSSR count). The Morgan fingerprint density at radius 2 is 2.18 bits per heavy atom. The lowest BCUT2D eigenvalue weighted by Crippen LogP contribution is -2.62. The van der Waals surface area contributed by atoms with E-state index >= 15 is 0 Å². The highest BCUT2D eigenvalue weighted by Gasteiger charge is 2.41. The largest absolute Gasteiger partial charge is 0.395 e. The lowest BCUT2D eigenvalue weighted by atomic mass is 9.96. The van der Waals surface area contributed by atoms with E-state index in [2.05, 4.69) is 5.10 Å². The second-order valence-corrected chi connectivity index (χ2v) is 4.82. The van der Waals surface area contributed by atoms with Gasteiger partial charge in [-0.1, -0.05) is 0 Å². The van der Waals surface area contributed by atoms with E-state index in [1.165, 1.54) is 0 Å². The molecule has 1 saturated heterocycles. The molecule has 0 spiro atoms. The number of β-amino-alcohol motifs (C(OH)–C–C–N with tert-alkyl or cyclic N) is 1. The topological polar surface area (TPSA) is 84.4 Å². The molecule has 6 heteroatoms. The van der Waals surface area contributed by atoms with Crippen molar-refractivity contribution in [3.05, 3.63) is 11.4 Å². The van der Waals surface area contributed by atoms with Crippen LogP contribution < -0.4 is 5.73 Å². The van der Waals surface area contributed by atoms with E-state index in [4.69, 9.17) is 5.73 Å². The maximum absolute atomic E-state index is 12.2. The van der Waals surface area contributed by atoms with Crippen LogP contribution in [0.5, 0.6) is 0 Å². The number of nitrogen functional groups attached to an aromatic ring is 1. The third-order valence-electron chi connectivity index (χ3n) is 3.03. The van der Waals surface area contributed by atoms with Gasteiger partial charge in [-0.15, -0.1) is 0 Å². The third kappa shape index (κ3) is 1.88. The van der Waals surface area contributed by atoms with Crippen molar-refractivity contribution in [1.82, 2.24) is 14.7 Å². The van der Waals surface area contributed by atoms with Crippen LogP contribution in [0.15, 0.2) is 0 Å². The van der Waals surface area contributed by atoms with Crippen LogP contribution in [0.4, 0.5) is 5.69 Å². The molecule has 1 aromatic rings. The van der Waals surface area contributed by atoms with Crippen molar-refractivity contribution in [2.75, 3.05) is 18.8 Å². The van der Waals surface area contributed by atoms with E-state index in [-0.39, 0.29) is 5.91 Å². The molecule has 1 amide bonds. The van der Waals surface area contributed by atoms with Crippen molar-refractivity contribution >= 4 is 11.6 Å².